The van der Waals surface area contributed by atoms with Crippen LogP contribution in [0.4, 0.5) is 0 Å². The molecule has 0 unspecified atom stereocenters. The number of likely N-dealkylation sites (tertiary alicyclic amines) is 1. The third-order valence-electron chi connectivity index (χ3n) is 4.33. The van der Waals surface area contributed by atoms with Gasteiger partial charge in [0.25, 0.3) is 0 Å². The standard InChI is InChI=1S/C16H25N3O3/c1-2-19-12-14(11-17-19)13-7-9-18(10-8-13)15(20)5-3-4-6-16(21)22/h11-13H,2-10H2,1H3,(H,21,22). The Morgan fingerprint density at radius 1 is 1.27 bits per heavy atom. The van der Waals surface area contributed by atoms with Crippen molar-refractivity contribution in [1.82, 2.24) is 14.7 Å². The number of carbonyl (C=O) groups is 2. The monoisotopic (exact) mass is 307 g/mol. The van der Waals surface area contributed by atoms with Gasteiger partial charge in [-0.25, -0.2) is 0 Å². The SMILES string of the molecule is CCn1cc(C2CCN(C(=O)CCCCC(=O)O)CC2)cn1. The van der Waals surface area contributed by atoms with Gasteiger partial charge in [-0.2, -0.15) is 5.10 Å². The van der Waals surface area contributed by atoms with Gasteiger partial charge < -0.3 is 10.0 Å². The minimum Gasteiger partial charge on any atom is -0.481 e. The number of piperidine rings is 1. The molecule has 1 fully saturated rings. The van der Waals surface area contributed by atoms with Gasteiger partial charge in [0.2, 0.25) is 5.91 Å². The van der Waals surface area contributed by atoms with Gasteiger partial charge in [0.05, 0.1) is 6.20 Å². The summed E-state index contributed by atoms with van der Waals surface area (Å²) >= 11 is 0. The summed E-state index contributed by atoms with van der Waals surface area (Å²) in [7, 11) is 0. The lowest BCUT2D eigenvalue weighted by atomic mass is 9.91. The number of carboxylic acid groups (broad SMARTS) is 1. The molecule has 2 heterocycles. The molecule has 0 aromatic carbocycles. The van der Waals surface area contributed by atoms with Crippen molar-refractivity contribution in [3.63, 3.8) is 0 Å². The van der Waals surface area contributed by atoms with E-state index >= 15 is 0 Å². The van der Waals surface area contributed by atoms with Crippen LogP contribution in [0.1, 0.15) is 56.9 Å². The van der Waals surface area contributed by atoms with E-state index in [1.165, 1.54) is 5.56 Å². The Labute approximate surface area is 131 Å². The fourth-order valence-electron chi connectivity index (χ4n) is 2.94. The predicted molar refractivity (Wildman–Crippen MR) is 82.6 cm³/mol. The van der Waals surface area contributed by atoms with Crippen molar-refractivity contribution < 1.29 is 14.7 Å². The van der Waals surface area contributed by atoms with Crippen molar-refractivity contribution in [2.45, 2.75) is 57.9 Å². The molecule has 0 aliphatic carbocycles. The number of unbranched alkanes of at least 4 members (excludes halogenated alkanes) is 1. The lowest BCUT2D eigenvalue weighted by molar-refractivity contribution is -0.137. The summed E-state index contributed by atoms with van der Waals surface area (Å²) in [5, 5.41) is 12.9. The molecule has 122 valence electrons. The molecule has 0 radical (unpaired) electrons. The number of carboxylic acids is 1. The third kappa shape index (κ3) is 4.58. The zero-order chi connectivity index (χ0) is 15.9. The average molecular weight is 307 g/mol. The second-order valence-corrected chi connectivity index (χ2v) is 5.89. The van der Waals surface area contributed by atoms with Gasteiger partial charge in [0.15, 0.2) is 0 Å². The maximum Gasteiger partial charge on any atom is 0.303 e. The molecular weight excluding hydrogens is 282 g/mol. The zero-order valence-corrected chi connectivity index (χ0v) is 13.2. The number of aromatic nitrogens is 2. The Morgan fingerprint density at radius 2 is 1.95 bits per heavy atom. The molecule has 1 N–H and O–H groups in total. The van der Waals surface area contributed by atoms with Gasteiger partial charge in [-0.05, 0) is 44.1 Å². The molecule has 6 nitrogen and oxygen atoms in total. The van der Waals surface area contributed by atoms with Crippen LogP contribution in [-0.4, -0.2) is 44.8 Å². The molecule has 0 saturated carbocycles. The minimum absolute atomic E-state index is 0.150. The van der Waals surface area contributed by atoms with E-state index in [2.05, 4.69) is 18.2 Å². The molecule has 2 rings (SSSR count). The summed E-state index contributed by atoms with van der Waals surface area (Å²) in [6.07, 6.45) is 7.86. The number of rotatable bonds is 7. The number of amides is 1. The Hall–Kier alpha value is -1.85. The van der Waals surface area contributed by atoms with Crippen molar-refractivity contribution in [2.24, 2.45) is 0 Å². The van der Waals surface area contributed by atoms with Crippen molar-refractivity contribution in [3.8, 4) is 0 Å². The predicted octanol–water partition coefficient (Wildman–Crippen LogP) is 2.25. The number of hydrogen-bond acceptors (Lipinski definition) is 3. The maximum atomic E-state index is 12.1. The lowest BCUT2D eigenvalue weighted by Gasteiger charge is -2.31. The molecule has 1 saturated heterocycles. The summed E-state index contributed by atoms with van der Waals surface area (Å²) in [6.45, 7) is 4.54. The van der Waals surface area contributed by atoms with Crippen molar-refractivity contribution in [1.29, 1.82) is 0 Å². The molecule has 6 heteroatoms. The highest BCUT2D eigenvalue weighted by atomic mass is 16.4. The summed E-state index contributed by atoms with van der Waals surface area (Å²) in [6, 6.07) is 0. The third-order valence-corrected chi connectivity index (χ3v) is 4.33. The van der Waals surface area contributed by atoms with E-state index in [-0.39, 0.29) is 12.3 Å². The number of hydrogen-bond donors (Lipinski definition) is 1. The summed E-state index contributed by atoms with van der Waals surface area (Å²) in [5.41, 5.74) is 1.27. The topological polar surface area (TPSA) is 75.4 Å². The first-order chi connectivity index (χ1) is 10.6. The Balaban J connectivity index is 1.72. The van der Waals surface area contributed by atoms with Crippen LogP contribution in [0.3, 0.4) is 0 Å². The smallest absolute Gasteiger partial charge is 0.303 e. The molecule has 1 aromatic rings. The summed E-state index contributed by atoms with van der Waals surface area (Å²) in [5.74, 6) is -0.134. The molecule has 22 heavy (non-hydrogen) atoms. The van der Waals surface area contributed by atoms with Crippen LogP contribution in [0.25, 0.3) is 0 Å². The van der Waals surface area contributed by atoms with E-state index in [0.717, 1.165) is 32.5 Å². The molecule has 1 aliphatic rings. The van der Waals surface area contributed by atoms with E-state index < -0.39 is 5.97 Å². The number of aryl methyl sites for hydroxylation is 1. The molecule has 1 amide bonds. The second-order valence-electron chi connectivity index (χ2n) is 5.89. The van der Waals surface area contributed by atoms with Crippen LogP contribution in [0.5, 0.6) is 0 Å². The Morgan fingerprint density at radius 3 is 2.55 bits per heavy atom. The van der Waals surface area contributed by atoms with Gasteiger partial charge in [-0.1, -0.05) is 0 Å². The second kappa shape index (κ2) is 7.96. The van der Waals surface area contributed by atoms with Gasteiger partial charge in [0.1, 0.15) is 0 Å². The highest BCUT2D eigenvalue weighted by Gasteiger charge is 2.24. The first-order valence-electron chi connectivity index (χ1n) is 8.12. The van der Waals surface area contributed by atoms with Crippen LogP contribution in [0.15, 0.2) is 12.4 Å². The van der Waals surface area contributed by atoms with E-state index in [4.69, 9.17) is 5.11 Å². The zero-order valence-electron chi connectivity index (χ0n) is 13.2. The number of nitrogens with zero attached hydrogens (tertiary/aromatic N) is 3. The average Bonchev–Trinajstić information content (AvgIpc) is 3.00. The largest absolute Gasteiger partial charge is 0.481 e. The van der Waals surface area contributed by atoms with E-state index in [1.54, 1.807) is 0 Å². The number of aliphatic carboxylic acids is 1. The number of carbonyl (C=O) groups excluding carboxylic acids is 1. The molecular formula is C16H25N3O3. The van der Waals surface area contributed by atoms with Crippen LogP contribution in [0.2, 0.25) is 0 Å². The molecule has 1 aliphatic heterocycles. The van der Waals surface area contributed by atoms with Gasteiger partial charge in [-0.15, -0.1) is 0 Å². The van der Waals surface area contributed by atoms with E-state index in [9.17, 15) is 9.59 Å². The molecule has 0 spiro atoms. The highest BCUT2D eigenvalue weighted by Crippen LogP contribution is 2.28. The van der Waals surface area contributed by atoms with Crippen LogP contribution in [-0.2, 0) is 16.1 Å². The fourth-order valence-corrected chi connectivity index (χ4v) is 2.94. The Kier molecular flexibility index (Phi) is 5.98. The van der Waals surface area contributed by atoms with Crippen LogP contribution < -0.4 is 0 Å². The lowest BCUT2D eigenvalue weighted by Crippen LogP contribution is -2.37. The minimum atomic E-state index is -0.791. The van der Waals surface area contributed by atoms with E-state index in [1.807, 2.05) is 15.8 Å². The maximum absolute atomic E-state index is 12.1. The molecule has 0 atom stereocenters. The fraction of sp³-hybridized carbons (Fsp3) is 0.688. The Bertz CT molecular complexity index is 504. The summed E-state index contributed by atoms with van der Waals surface area (Å²) < 4.78 is 1.94. The first kappa shape index (κ1) is 16.5. The van der Waals surface area contributed by atoms with Crippen molar-refractivity contribution in [3.05, 3.63) is 18.0 Å². The van der Waals surface area contributed by atoms with Crippen LogP contribution in [0, 0.1) is 0 Å². The normalized spacial score (nSPS) is 16.0. The van der Waals surface area contributed by atoms with Crippen molar-refractivity contribution in [2.75, 3.05) is 13.1 Å². The van der Waals surface area contributed by atoms with Gasteiger partial charge >= 0.3 is 5.97 Å². The van der Waals surface area contributed by atoms with Crippen LogP contribution >= 0.6 is 0 Å². The molecule has 0 bridgehead atoms. The van der Waals surface area contributed by atoms with Gasteiger partial charge in [-0.3, -0.25) is 14.3 Å². The van der Waals surface area contributed by atoms with E-state index in [0.29, 0.717) is 25.2 Å². The quantitative estimate of drug-likeness (QED) is 0.784. The molecule has 1 aromatic heterocycles. The van der Waals surface area contributed by atoms with Crippen molar-refractivity contribution >= 4 is 11.9 Å². The van der Waals surface area contributed by atoms with Gasteiger partial charge in [0, 0.05) is 38.7 Å². The first-order valence-corrected chi connectivity index (χ1v) is 8.12. The summed E-state index contributed by atoms with van der Waals surface area (Å²) in [4.78, 5) is 24.5. The highest BCUT2D eigenvalue weighted by molar-refractivity contribution is 5.76.